The van der Waals surface area contributed by atoms with Gasteiger partial charge in [-0.05, 0) is 46.3 Å². The summed E-state index contributed by atoms with van der Waals surface area (Å²) in [7, 11) is -3.85. The van der Waals surface area contributed by atoms with Crippen molar-refractivity contribution in [2.75, 3.05) is 10.0 Å². The van der Waals surface area contributed by atoms with E-state index in [-0.39, 0.29) is 11.0 Å². The average Bonchev–Trinajstić information content (AvgIpc) is 3.22. The van der Waals surface area contributed by atoms with Gasteiger partial charge >= 0.3 is 0 Å². The van der Waals surface area contributed by atoms with Crippen molar-refractivity contribution in [3.8, 4) is 11.4 Å². The Labute approximate surface area is 189 Å². The molecule has 0 spiro atoms. The van der Waals surface area contributed by atoms with E-state index in [9.17, 15) is 13.2 Å². The zero-order chi connectivity index (χ0) is 21.2. The second-order valence-electron chi connectivity index (χ2n) is 5.76. The molecule has 0 bridgehead atoms. The summed E-state index contributed by atoms with van der Waals surface area (Å²) in [5.74, 6) is 0.205. The van der Waals surface area contributed by atoms with Crippen molar-refractivity contribution >= 4 is 77.1 Å². The van der Waals surface area contributed by atoms with Gasteiger partial charge in [-0.15, -0.1) is 17.9 Å². The lowest BCUT2D eigenvalue weighted by atomic mass is 10.2. The SMILES string of the molecule is C=CC(c1cc(Br)c(Cl)s1)S(=O)(=O)Nc1nc(-c2ccc(NC(C)=O)cc2)ns1. The third kappa shape index (κ3) is 5.23. The molecule has 3 aromatic rings. The number of carbonyl (C=O) groups excluding carboxylic acids is 1. The predicted molar refractivity (Wildman–Crippen MR) is 122 cm³/mol. The number of sulfonamides is 1. The summed E-state index contributed by atoms with van der Waals surface area (Å²) in [5, 5.41) is 1.82. The van der Waals surface area contributed by atoms with Gasteiger partial charge in [0, 0.05) is 39.1 Å². The van der Waals surface area contributed by atoms with Crippen molar-refractivity contribution in [2.24, 2.45) is 0 Å². The number of nitrogens with zero attached hydrogens (tertiary/aromatic N) is 2. The summed E-state index contributed by atoms with van der Waals surface area (Å²) in [5.41, 5.74) is 1.34. The fourth-order valence-corrected chi connectivity index (χ4v) is 6.60. The summed E-state index contributed by atoms with van der Waals surface area (Å²) in [6.45, 7) is 5.06. The minimum absolute atomic E-state index is 0.138. The van der Waals surface area contributed by atoms with Crippen LogP contribution >= 0.6 is 50.4 Å². The van der Waals surface area contributed by atoms with Crippen molar-refractivity contribution in [2.45, 2.75) is 12.2 Å². The molecule has 29 heavy (non-hydrogen) atoms. The van der Waals surface area contributed by atoms with Gasteiger partial charge in [0.1, 0.15) is 9.59 Å². The molecule has 1 unspecified atom stereocenters. The van der Waals surface area contributed by atoms with Gasteiger partial charge in [-0.25, -0.2) is 8.42 Å². The zero-order valence-electron chi connectivity index (χ0n) is 14.8. The molecule has 12 heteroatoms. The van der Waals surface area contributed by atoms with E-state index in [1.54, 1.807) is 30.3 Å². The quantitative estimate of drug-likeness (QED) is 0.401. The van der Waals surface area contributed by atoms with Gasteiger partial charge in [0.15, 0.2) is 5.82 Å². The third-order valence-corrected chi connectivity index (χ3v) is 8.67. The maximum absolute atomic E-state index is 12.8. The molecule has 0 aliphatic rings. The van der Waals surface area contributed by atoms with E-state index >= 15 is 0 Å². The Bertz CT molecular complexity index is 1140. The van der Waals surface area contributed by atoms with Crippen LogP contribution in [0.4, 0.5) is 10.8 Å². The van der Waals surface area contributed by atoms with Gasteiger partial charge in [0.05, 0.1) is 0 Å². The van der Waals surface area contributed by atoms with E-state index < -0.39 is 15.3 Å². The lowest BCUT2D eigenvalue weighted by molar-refractivity contribution is -0.114. The van der Waals surface area contributed by atoms with E-state index in [0.717, 1.165) is 22.9 Å². The molecule has 0 saturated carbocycles. The summed E-state index contributed by atoms with van der Waals surface area (Å²) in [6, 6.07) is 8.56. The Morgan fingerprint density at radius 1 is 1.34 bits per heavy atom. The molecule has 152 valence electrons. The number of benzene rings is 1. The molecule has 2 N–H and O–H groups in total. The molecule has 2 aromatic heterocycles. The van der Waals surface area contributed by atoms with Crippen LogP contribution in [-0.2, 0) is 14.8 Å². The van der Waals surface area contributed by atoms with Crippen molar-refractivity contribution in [1.82, 2.24) is 9.36 Å². The van der Waals surface area contributed by atoms with Crippen molar-refractivity contribution < 1.29 is 13.2 Å². The molecule has 0 aliphatic carbocycles. The van der Waals surface area contributed by atoms with Gasteiger partial charge in [-0.2, -0.15) is 9.36 Å². The van der Waals surface area contributed by atoms with Crippen molar-refractivity contribution in [3.05, 3.63) is 56.7 Å². The summed E-state index contributed by atoms with van der Waals surface area (Å²) in [6.07, 6.45) is 1.33. The molecule has 0 saturated heterocycles. The normalized spacial score (nSPS) is 12.4. The Kier molecular flexibility index (Phi) is 6.74. The van der Waals surface area contributed by atoms with E-state index in [1.807, 2.05) is 0 Å². The molecule has 2 heterocycles. The first-order valence-corrected chi connectivity index (χ1v) is 12.3. The topological polar surface area (TPSA) is 101 Å². The largest absolute Gasteiger partial charge is 0.326 e. The molecule has 0 radical (unpaired) electrons. The van der Waals surface area contributed by atoms with Gasteiger partial charge < -0.3 is 5.32 Å². The van der Waals surface area contributed by atoms with Crippen LogP contribution in [0.15, 0.2) is 47.5 Å². The third-order valence-electron chi connectivity index (χ3n) is 3.61. The van der Waals surface area contributed by atoms with E-state index in [2.05, 4.69) is 41.9 Å². The fraction of sp³-hybridized carbons (Fsp3) is 0.118. The number of anilines is 2. The summed E-state index contributed by atoms with van der Waals surface area (Å²) in [4.78, 5) is 15.9. The van der Waals surface area contributed by atoms with Gasteiger partial charge in [0.25, 0.3) is 0 Å². The number of amides is 1. The number of nitrogens with one attached hydrogen (secondary N) is 2. The first-order valence-electron chi connectivity index (χ1n) is 8.00. The second-order valence-corrected chi connectivity index (χ2v) is 10.8. The number of aromatic nitrogens is 2. The summed E-state index contributed by atoms with van der Waals surface area (Å²) >= 11 is 11.4. The van der Waals surface area contributed by atoms with Crippen molar-refractivity contribution in [3.63, 3.8) is 0 Å². The zero-order valence-corrected chi connectivity index (χ0v) is 19.6. The lowest BCUT2D eigenvalue weighted by Gasteiger charge is -2.12. The Hall–Kier alpha value is -1.79. The maximum atomic E-state index is 12.8. The minimum Gasteiger partial charge on any atom is -0.326 e. The lowest BCUT2D eigenvalue weighted by Crippen LogP contribution is -2.19. The standard InChI is InChI=1S/C17H14BrClN4O3S3/c1-3-14(13-8-12(18)15(19)27-13)29(25,26)23-17-21-16(22-28-17)10-4-6-11(7-5-10)20-9(2)24/h3-8,14H,1H2,2H3,(H,20,24)(H,21,22,23). The van der Waals surface area contributed by atoms with Gasteiger partial charge in [0.2, 0.25) is 21.1 Å². The van der Waals surface area contributed by atoms with Crippen LogP contribution in [0.25, 0.3) is 11.4 Å². The highest BCUT2D eigenvalue weighted by Gasteiger charge is 2.28. The fourth-order valence-electron chi connectivity index (χ4n) is 2.37. The van der Waals surface area contributed by atoms with Crippen molar-refractivity contribution in [1.29, 1.82) is 0 Å². The van der Waals surface area contributed by atoms with E-state index in [0.29, 0.717) is 30.8 Å². The average molecular weight is 534 g/mol. The van der Waals surface area contributed by atoms with Gasteiger partial charge in [-0.1, -0.05) is 17.7 Å². The molecule has 1 amide bonds. The minimum atomic E-state index is -3.85. The van der Waals surface area contributed by atoms with Gasteiger partial charge in [-0.3, -0.25) is 9.52 Å². The number of carbonyl (C=O) groups is 1. The maximum Gasteiger partial charge on any atom is 0.246 e. The number of rotatable bonds is 7. The van der Waals surface area contributed by atoms with Crippen LogP contribution < -0.4 is 10.0 Å². The first-order chi connectivity index (χ1) is 13.7. The van der Waals surface area contributed by atoms with E-state index in [1.165, 1.54) is 13.0 Å². The smallest absolute Gasteiger partial charge is 0.246 e. The molecule has 1 aromatic carbocycles. The number of hydrogen-bond acceptors (Lipinski definition) is 7. The Morgan fingerprint density at radius 2 is 2.03 bits per heavy atom. The first kappa shape index (κ1) is 21.9. The molecule has 1 atom stereocenters. The van der Waals surface area contributed by atoms with E-state index in [4.69, 9.17) is 11.6 Å². The number of halogens is 2. The van der Waals surface area contributed by atoms with Crippen LogP contribution in [0.5, 0.6) is 0 Å². The molecular weight excluding hydrogens is 520 g/mol. The monoisotopic (exact) mass is 532 g/mol. The van der Waals surface area contributed by atoms with Crippen LogP contribution in [-0.4, -0.2) is 23.7 Å². The Balaban J connectivity index is 1.79. The number of hydrogen-bond donors (Lipinski definition) is 2. The van der Waals surface area contributed by atoms with Crippen LogP contribution in [0.3, 0.4) is 0 Å². The van der Waals surface area contributed by atoms with Crippen LogP contribution in [0.1, 0.15) is 17.1 Å². The molecule has 0 aliphatic heterocycles. The predicted octanol–water partition coefficient (Wildman–Crippen LogP) is 5.31. The molecule has 3 rings (SSSR count). The summed E-state index contributed by atoms with van der Waals surface area (Å²) < 4.78 is 33.4. The number of thiophene rings is 1. The Morgan fingerprint density at radius 3 is 2.59 bits per heavy atom. The molecule has 7 nitrogen and oxygen atoms in total. The second kappa shape index (κ2) is 8.92. The highest BCUT2D eigenvalue weighted by atomic mass is 79.9. The van der Waals surface area contributed by atoms with Crippen LogP contribution in [0, 0.1) is 0 Å². The highest BCUT2D eigenvalue weighted by Crippen LogP contribution is 2.39. The van der Waals surface area contributed by atoms with Crippen LogP contribution in [0.2, 0.25) is 4.34 Å². The molecular formula is C17H14BrClN4O3S3. The molecule has 0 fully saturated rings. The highest BCUT2D eigenvalue weighted by molar-refractivity contribution is 9.10.